The molecule has 0 unspecified atom stereocenters. The third-order valence-corrected chi connectivity index (χ3v) is 5.88. The summed E-state index contributed by atoms with van der Waals surface area (Å²) in [4.78, 5) is 29.2. The first kappa shape index (κ1) is 19.2. The molecule has 1 atom stereocenters. The van der Waals surface area contributed by atoms with Crippen molar-refractivity contribution in [2.75, 3.05) is 20.1 Å². The van der Waals surface area contributed by atoms with E-state index in [2.05, 4.69) is 43.4 Å². The molecule has 5 heteroatoms. The fraction of sp³-hybridized carbons (Fsp3) is 0.333. The molecule has 0 fully saturated rings. The number of benzene rings is 2. The fourth-order valence-electron chi connectivity index (χ4n) is 4.04. The smallest absolute Gasteiger partial charge is 0.322 e. The Balaban J connectivity index is 1.58. The lowest BCUT2D eigenvalue weighted by Gasteiger charge is -2.31. The first-order chi connectivity index (χ1) is 14.0. The Morgan fingerprint density at radius 1 is 1.03 bits per heavy atom. The Morgan fingerprint density at radius 2 is 1.72 bits per heavy atom. The molecule has 0 spiro atoms. The van der Waals surface area contributed by atoms with Crippen molar-refractivity contribution < 1.29 is 9.59 Å². The summed E-state index contributed by atoms with van der Waals surface area (Å²) in [5.41, 5.74) is 4.89. The number of urea groups is 1. The summed E-state index contributed by atoms with van der Waals surface area (Å²) < 4.78 is 0. The van der Waals surface area contributed by atoms with Crippen LogP contribution in [-0.2, 0) is 11.2 Å². The first-order valence-corrected chi connectivity index (χ1v) is 10.2. The molecule has 2 aliphatic heterocycles. The topological polar surface area (TPSA) is 52.7 Å². The molecule has 2 heterocycles. The van der Waals surface area contributed by atoms with Gasteiger partial charge in [0.1, 0.15) is 0 Å². The molecule has 0 saturated carbocycles. The molecular weight excluding hydrogens is 362 g/mol. The second-order valence-corrected chi connectivity index (χ2v) is 8.09. The third-order valence-electron chi connectivity index (χ3n) is 5.88. The highest BCUT2D eigenvalue weighted by molar-refractivity contribution is 6.01. The van der Waals surface area contributed by atoms with Crippen molar-refractivity contribution in [2.45, 2.75) is 32.2 Å². The van der Waals surface area contributed by atoms with E-state index in [1.807, 2.05) is 35.2 Å². The van der Waals surface area contributed by atoms with Gasteiger partial charge in [-0.3, -0.25) is 9.69 Å². The summed E-state index contributed by atoms with van der Waals surface area (Å²) in [6.07, 6.45) is 0.798. The van der Waals surface area contributed by atoms with Crippen molar-refractivity contribution in [1.82, 2.24) is 15.1 Å². The van der Waals surface area contributed by atoms with Crippen LogP contribution in [0.4, 0.5) is 4.79 Å². The largest absolute Gasteiger partial charge is 0.333 e. The number of carbonyl (C=O) groups is 2. The molecule has 0 aromatic heterocycles. The summed E-state index contributed by atoms with van der Waals surface area (Å²) in [6.45, 7) is 5.42. The minimum absolute atomic E-state index is 0.0146. The van der Waals surface area contributed by atoms with Gasteiger partial charge in [-0.15, -0.1) is 0 Å². The monoisotopic (exact) mass is 389 g/mol. The molecule has 2 aromatic carbocycles. The highest BCUT2D eigenvalue weighted by Gasteiger charge is 2.42. The Morgan fingerprint density at radius 3 is 2.38 bits per heavy atom. The Hall–Kier alpha value is -3.08. The number of hydrogen-bond acceptors (Lipinski definition) is 2. The molecule has 4 rings (SSSR count). The van der Waals surface area contributed by atoms with Gasteiger partial charge >= 0.3 is 6.03 Å². The minimum Gasteiger partial charge on any atom is -0.333 e. The molecular formula is C24H27N3O2. The van der Waals surface area contributed by atoms with E-state index in [9.17, 15) is 9.59 Å². The lowest BCUT2D eigenvalue weighted by atomic mass is 9.93. The predicted octanol–water partition coefficient (Wildman–Crippen LogP) is 3.85. The van der Waals surface area contributed by atoms with Gasteiger partial charge in [-0.1, -0.05) is 68.4 Å². The van der Waals surface area contributed by atoms with Crippen molar-refractivity contribution in [3.8, 4) is 0 Å². The number of amides is 3. The van der Waals surface area contributed by atoms with Crippen molar-refractivity contribution in [2.24, 2.45) is 0 Å². The molecule has 1 N–H and O–H groups in total. The summed E-state index contributed by atoms with van der Waals surface area (Å²) in [5, 5.41) is 3.01. The molecule has 2 aromatic rings. The highest BCUT2D eigenvalue weighted by atomic mass is 16.2. The average Bonchev–Trinajstić information content (AvgIpc) is 3.07. The van der Waals surface area contributed by atoms with Gasteiger partial charge in [0.2, 0.25) is 0 Å². The maximum Gasteiger partial charge on any atom is 0.322 e. The second kappa shape index (κ2) is 7.74. The number of nitrogens with one attached hydrogen (secondary N) is 1. The molecule has 0 aliphatic carbocycles. The zero-order valence-corrected chi connectivity index (χ0v) is 17.2. The van der Waals surface area contributed by atoms with Crippen molar-refractivity contribution in [3.05, 3.63) is 82.6 Å². The maximum atomic E-state index is 13.3. The van der Waals surface area contributed by atoms with Crippen molar-refractivity contribution in [1.29, 1.82) is 0 Å². The van der Waals surface area contributed by atoms with Crippen LogP contribution in [0.25, 0.3) is 0 Å². The number of carbonyl (C=O) groups excluding carboxylic acids is 2. The van der Waals surface area contributed by atoms with E-state index in [4.69, 9.17) is 0 Å². The van der Waals surface area contributed by atoms with Gasteiger partial charge in [0.05, 0.1) is 23.9 Å². The number of nitrogens with zero attached hydrogens (tertiary/aromatic N) is 2. The third kappa shape index (κ3) is 3.65. The summed E-state index contributed by atoms with van der Waals surface area (Å²) in [5.74, 6) is 0.452. The number of hydrogen-bond donors (Lipinski definition) is 1. The van der Waals surface area contributed by atoms with Gasteiger partial charge < -0.3 is 10.2 Å². The van der Waals surface area contributed by atoms with Gasteiger partial charge in [0.15, 0.2) is 0 Å². The van der Waals surface area contributed by atoms with Gasteiger partial charge in [0.25, 0.3) is 5.91 Å². The van der Waals surface area contributed by atoms with E-state index in [-0.39, 0.29) is 11.9 Å². The van der Waals surface area contributed by atoms with Crippen molar-refractivity contribution in [3.63, 3.8) is 0 Å². The van der Waals surface area contributed by atoms with Crippen LogP contribution in [0.2, 0.25) is 0 Å². The van der Waals surface area contributed by atoms with E-state index < -0.39 is 6.04 Å². The van der Waals surface area contributed by atoms with Gasteiger partial charge in [-0.2, -0.15) is 0 Å². The van der Waals surface area contributed by atoms with Crippen molar-refractivity contribution >= 4 is 11.9 Å². The van der Waals surface area contributed by atoms with Gasteiger partial charge in [0, 0.05) is 13.6 Å². The van der Waals surface area contributed by atoms with Crippen LogP contribution in [0.15, 0.2) is 65.9 Å². The van der Waals surface area contributed by atoms with Crippen LogP contribution in [0.1, 0.15) is 42.5 Å². The number of likely N-dealkylation sites (N-methyl/N-ethyl adjacent to an activating group) is 1. The van der Waals surface area contributed by atoms with Crippen LogP contribution < -0.4 is 5.32 Å². The van der Waals surface area contributed by atoms with Gasteiger partial charge in [-0.25, -0.2) is 4.79 Å². The molecule has 0 bridgehead atoms. The van der Waals surface area contributed by atoms with E-state index in [0.717, 1.165) is 17.7 Å². The molecule has 0 radical (unpaired) electrons. The minimum atomic E-state index is -0.399. The normalized spacial score (nSPS) is 19.1. The predicted molar refractivity (Wildman–Crippen MR) is 113 cm³/mol. The lowest BCUT2D eigenvalue weighted by molar-refractivity contribution is -0.125. The fourth-order valence-corrected chi connectivity index (χ4v) is 4.04. The summed E-state index contributed by atoms with van der Waals surface area (Å²) in [7, 11) is 1.73. The van der Waals surface area contributed by atoms with Crippen LogP contribution >= 0.6 is 0 Å². The zero-order chi connectivity index (χ0) is 20.5. The molecule has 0 saturated heterocycles. The van der Waals surface area contributed by atoms with E-state index >= 15 is 0 Å². The van der Waals surface area contributed by atoms with Crippen LogP contribution in [0.5, 0.6) is 0 Å². The SMILES string of the molecule is CC(C)c1ccc([C@H]2NC(=O)N(C)C3=C2C(=O)N(CCc2ccccc2)C3)cc1. The second-order valence-electron chi connectivity index (χ2n) is 8.09. The summed E-state index contributed by atoms with van der Waals surface area (Å²) in [6, 6.07) is 17.8. The Kier molecular flexibility index (Phi) is 5.14. The van der Waals surface area contributed by atoms with E-state index in [1.54, 1.807) is 11.9 Å². The van der Waals surface area contributed by atoms with E-state index in [1.165, 1.54) is 11.1 Å². The standard InChI is InChI=1S/C24H27N3O2/c1-16(2)18-9-11-19(12-10-18)22-21-20(26(3)24(29)25-22)15-27(23(21)28)14-13-17-7-5-4-6-8-17/h4-12,16,22H,13-15H2,1-3H3,(H,25,29)/t22-/m1/s1. The Bertz CT molecular complexity index is 948. The number of rotatable bonds is 5. The lowest BCUT2D eigenvalue weighted by Crippen LogP contribution is -2.45. The van der Waals surface area contributed by atoms with Crippen LogP contribution in [-0.4, -0.2) is 41.9 Å². The molecule has 3 amide bonds. The average molecular weight is 389 g/mol. The quantitative estimate of drug-likeness (QED) is 0.845. The van der Waals surface area contributed by atoms with Crippen LogP contribution in [0, 0.1) is 0 Å². The summed E-state index contributed by atoms with van der Waals surface area (Å²) >= 11 is 0. The molecule has 150 valence electrons. The van der Waals surface area contributed by atoms with Gasteiger partial charge in [-0.05, 0) is 29.0 Å². The molecule has 5 nitrogen and oxygen atoms in total. The zero-order valence-electron chi connectivity index (χ0n) is 17.2. The highest BCUT2D eigenvalue weighted by Crippen LogP contribution is 2.36. The first-order valence-electron chi connectivity index (χ1n) is 10.2. The van der Waals surface area contributed by atoms with Crippen LogP contribution in [0.3, 0.4) is 0 Å². The van der Waals surface area contributed by atoms with E-state index in [0.29, 0.717) is 24.6 Å². The maximum absolute atomic E-state index is 13.3. The molecule has 2 aliphatic rings. The molecule has 29 heavy (non-hydrogen) atoms. The Labute approximate surface area is 172 Å².